The molecular formula is C41H27N3. The van der Waals surface area contributed by atoms with Crippen molar-refractivity contribution in [1.82, 2.24) is 14.5 Å². The molecule has 0 saturated carbocycles. The molecule has 0 saturated heterocycles. The van der Waals surface area contributed by atoms with Gasteiger partial charge in [-0.1, -0.05) is 121 Å². The standard InChI is InChI=1S/C41H27N3/c1-3-11-27(12-4-1)31-24-37(28-13-5-2-6-14-28)43-41(26-31)44-39-18-10-8-16-34(39)35-22-20-30(25-40(35)44)29-19-21-33-32-15-7-9-17-36(32)42-38(33)23-29/h1-26,42H. The van der Waals surface area contributed by atoms with Crippen molar-refractivity contribution in [3.63, 3.8) is 0 Å². The first kappa shape index (κ1) is 24.6. The molecule has 0 unspecified atom stereocenters. The third-order valence-corrected chi connectivity index (χ3v) is 8.73. The molecule has 3 aromatic heterocycles. The molecule has 3 heteroatoms. The fourth-order valence-electron chi connectivity index (χ4n) is 6.62. The molecule has 0 amide bonds. The van der Waals surface area contributed by atoms with E-state index in [1.54, 1.807) is 0 Å². The molecule has 0 radical (unpaired) electrons. The van der Waals surface area contributed by atoms with Crippen LogP contribution in [-0.2, 0) is 0 Å². The summed E-state index contributed by atoms with van der Waals surface area (Å²) in [6.07, 6.45) is 0. The minimum absolute atomic E-state index is 0.902. The Balaban J connectivity index is 1.29. The molecule has 3 heterocycles. The number of hydrogen-bond donors (Lipinski definition) is 1. The van der Waals surface area contributed by atoms with Gasteiger partial charge in [0.25, 0.3) is 0 Å². The van der Waals surface area contributed by atoms with Gasteiger partial charge in [0.05, 0.1) is 16.7 Å². The van der Waals surface area contributed by atoms with Crippen LogP contribution in [0.1, 0.15) is 0 Å². The van der Waals surface area contributed by atoms with E-state index in [1.165, 1.54) is 38.2 Å². The molecule has 0 bridgehead atoms. The highest BCUT2D eigenvalue weighted by molar-refractivity contribution is 6.11. The molecule has 6 aromatic carbocycles. The van der Waals surface area contributed by atoms with E-state index in [4.69, 9.17) is 4.98 Å². The lowest BCUT2D eigenvalue weighted by atomic mass is 10.0. The summed E-state index contributed by atoms with van der Waals surface area (Å²) in [5.74, 6) is 0.902. The average Bonchev–Trinajstić information content (AvgIpc) is 3.64. The Hall–Kier alpha value is -5.93. The zero-order valence-electron chi connectivity index (χ0n) is 23.9. The number of aromatic nitrogens is 3. The summed E-state index contributed by atoms with van der Waals surface area (Å²) >= 11 is 0. The van der Waals surface area contributed by atoms with E-state index in [9.17, 15) is 0 Å². The van der Waals surface area contributed by atoms with Crippen LogP contribution in [0.2, 0.25) is 0 Å². The smallest absolute Gasteiger partial charge is 0.138 e. The normalized spacial score (nSPS) is 11.6. The van der Waals surface area contributed by atoms with Crippen LogP contribution in [-0.4, -0.2) is 14.5 Å². The number of pyridine rings is 1. The first-order valence-electron chi connectivity index (χ1n) is 15.0. The average molecular weight is 562 g/mol. The van der Waals surface area contributed by atoms with Gasteiger partial charge in [-0.05, 0) is 58.7 Å². The highest BCUT2D eigenvalue weighted by Gasteiger charge is 2.17. The third-order valence-electron chi connectivity index (χ3n) is 8.73. The molecule has 44 heavy (non-hydrogen) atoms. The van der Waals surface area contributed by atoms with Crippen LogP contribution >= 0.6 is 0 Å². The van der Waals surface area contributed by atoms with Crippen LogP contribution in [0.3, 0.4) is 0 Å². The van der Waals surface area contributed by atoms with Gasteiger partial charge in [-0.25, -0.2) is 4.98 Å². The molecule has 0 fully saturated rings. The van der Waals surface area contributed by atoms with Crippen LogP contribution in [0.5, 0.6) is 0 Å². The van der Waals surface area contributed by atoms with Crippen molar-refractivity contribution in [2.45, 2.75) is 0 Å². The maximum atomic E-state index is 5.30. The second kappa shape index (κ2) is 9.82. The number of nitrogens with one attached hydrogen (secondary N) is 1. The minimum Gasteiger partial charge on any atom is -0.354 e. The second-order valence-electron chi connectivity index (χ2n) is 11.3. The first-order chi connectivity index (χ1) is 21.8. The summed E-state index contributed by atoms with van der Waals surface area (Å²) in [4.78, 5) is 8.91. The molecule has 1 N–H and O–H groups in total. The number of fused-ring (bicyclic) bond motifs is 6. The predicted molar refractivity (Wildman–Crippen MR) is 184 cm³/mol. The maximum Gasteiger partial charge on any atom is 0.138 e. The second-order valence-corrected chi connectivity index (χ2v) is 11.3. The number of benzene rings is 6. The minimum atomic E-state index is 0.902. The van der Waals surface area contributed by atoms with E-state index >= 15 is 0 Å². The molecule has 3 nitrogen and oxygen atoms in total. The summed E-state index contributed by atoms with van der Waals surface area (Å²) in [7, 11) is 0. The fraction of sp³-hybridized carbons (Fsp3) is 0. The summed E-state index contributed by atoms with van der Waals surface area (Å²) in [6, 6.07) is 56.1. The van der Waals surface area contributed by atoms with Gasteiger partial charge in [0, 0.05) is 38.1 Å². The molecule has 9 rings (SSSR count). The summed E-state index contributed by atoms with van der Waals surface area (Å²) in [5.41, 5.74) is 11.3. The summed E-state index contributed by atoms with van der Waals surface area (Å²) in [6.45, 7) is 0. The largest absolute Gasteiger partial charge is 0.354 e. The number of nitrogens with zero attached hydrogens (tertiary/aromatic N) is 2. The van der Waals surface area contributed by atoms with Crippen LogP contribution in [0.4, 0.5) is 0 Å². The number of H-pyrrole nitrogens is 1. The first-order valence-corrected chi connectivity index (χ1v) is 15.0. The Morgan fingerprint density at radius 1 is 0.386 bits per heavy atom. The lowest BCUT2D eigenvalue weighted by Gasteiger charge is -2.13. The molecule has 0 aliphatic carbocycles. The van der Waals surface area contributed by atoms with Gasteiger partial charge in [0.1, 0.15) is 5.82 Å². The van der Waals surface area contributed by atoms with Crippen molar-refractivity contribution in [3.05, 3.63) is 158 Å². The highest BCUT2D eigenvalue weighted by Crippen LogP contribution is 2.37. The molecule has 0 aliphatic heterocycles. The monoisotopic (exact) mass is 561 g/mol. The molecular weight excluding hydrogens is 534 g/mol. The van der Waals surface area contributed by atoms with E-state index in [0.717, 1.165) is 44.7 Å². The Morgan fingerprint density at radius 2 is 1.00 bits per heavy atom. The number of aromatic amines is 1. The maximum absolute atomic E-state index is 5.30. The topological polar surface area (TPSA) is 33.6 Å². The van der Waals surface area contributed by atoms with E-state index in [1.807, 2.05) is 6.07 Å². The van der Waals surface area contributed by atoms with Crippen molar-refractivity contribution in [2.24, 2.45) is 0 Å². The van der Waals surface area contributed by atoms with E-state index in [2.05, 4.69) is 161 Å². The van der Waals surface area contributed by atoms with Gasteiger partial charge in [-0.3, -0.25) is 4.57 Å². The molecule has 0 aliphatic rings. The SMILES string of the molecule is c1ccc(-c2cc(-c3ccccc3)nc(-n3c4ccccc4c4ccc(-c5ccc6c(c5)[nH]c5ccccc56)cc43)c2)cc1. The van der Waals surface area contributed by atoms with Gasteiger partial charge in [0.2, 0.25) is 0 Å². The third kappa shape index (κ3) is 3.94. The lowest BCUT2D eigenvalue weighted by Crippen LogP contribution is -2.00. The van der Waals surface area contributed by atoms with Crippen molar-refractivity contribution < 1.29 is 0 Å². The molecule has 9 aromatic rings. The molecule has 0 spiro atoms. The lowest BCUT2D eigenvalue weighted by molar-refractivity contribution is 1.08. The molecule has 0 atom stereocenters. The van der Waals surface area contributed by atoms with E-state index in [-0.39, 0.29) is 0 Å². The highest BCUT2D eigenvalue weighted by atomic mass is 15.1. The van der Waals surface area contributed by atoms with Crippen molar-refractivity contribution in [2.75, 3.05) is 0 Å². The van der Waals surface area contributed by atoms with Crippen LogP contribution in [0.15, 0.2) is 158 Å². The van der Waals surface area contributed by atoms with Gasteiger partial charge in [-0.15, -0.1) is 0 Å². The van der Waals surface area contributed by atoms with Crippen LogP contribution < -0.4 is 0 Å². The van der Waals surface area contributed by atoms with Crippen molar-refractivity contribution in [3.8, 4) is 39.3 Å². The van der Waals surface area contributed by atoms with Gasteiger partial charge in [0.15, 0.2) is 0 Å². The zero-order valence-corrected chi connectivity index (χ0v) is 23.9. The van der Waals surface area contributed by atoms with E-state index in [0.29, 0.717) is 0 Å². The number of hydrogen-bond acceptors (Lipinski definition) is 1. The Bertz CT molecular complexity index is 2430. The van der Waals surface area contributed by atoms with Gasteiger partial charge < -0.3 is 4.98 Å². The molecule has 206 valence electrons. The zero-order chi connectivity index (χ0) is 29.0. The Morgan fingerprint density at radius 3 is 1.82 bits per heavy atom. The number of rotatable bonds is 4. The van der Waals surface area contributed by atoms with Gasteiger partial charge in [-0.2, -0.15) is 0 Å². The quantitative estimate of drug-likeness (QED) is 0.228. The Labute approximate surface area is 254 Å². The van der Waals surface area contributed by atoms with Crippen LogP contribution in [0.25, 0.3) is 82.9 Å². The predicted octanol–water partition coefficient (Wildman–Crippen LogP) is 10.8. The van der Waals surface area contributed by atoms with Gasteiger partial charge >= 0.3 is 0 Å². The summed E-state index contributed by atoms with van der Waals surface area (Å²) < 4.78 is 2.33. The number of para-hydroxylation sites is 2. The fourth-order valence-corrected chi connectivity index (χ4v) is 6.62. The van der Waals surface area contributed by atoms with Crippen LogP contribution in [0, 0.1) is 0 Å². The Kier molecular flexibility index (Phi) is 5.50. The van der Waals surface area contributed by atoms with Crippen molar-refractivity contribution >= 4 is 43.6 Å². The van der Waals surface area contributed by atoms with E-state index < -0.39 is 0 Å². The summed E-state index contributed by atoms with van der Waals surface area (Å²) in [5, 5.41) is 4.93. The van der Waals surface area contributed by atoms with Crippen molar-refractivity contribution in [1.29, 1.82) is 0 Å².